The van der Waals surface area contributed by atoms with Crippen LogP contribution in [0.25, 0.3) is 0 Å². The van der Waals surface area contributed by atoms with E-state index in [0.29, 0.717) is 13.2 Å². The van der Waals surface area contributed by atoms with Crippen LogP contribution in [0.2, 0.25) is 0 Å². The minimum absolute atomic E-state index is 0.0418. The van der Waals surface area contributed by atoms with Crippen molar-refractivity contribution in [1.29, 1.82) is 0 Å². The molecule has 0 fully saturated rings. The van der Waals surface area contributed by atoms with Crippen LogP contribution in [-0.2, 0) is 9.47 Å². The predicted molar refractivity (Wildman–Crippen MR) is 101 cm³/mol. The Bertz CT molecular complexity index is 432. The number of benzene rings is 1. The molecule has 0 spiro atoms. The molecule has 2 unspecified atom stereocenters. The molecule has 1 aromatic carbocycles. The molecule has 1 rings (SSSR count). The third kappa shape index (κ3) is 7.50. The third-order valence-corrected chi connectivity index (χ3v) is 4.12. The highest BCUT2D eigenvalue weighted by Gasteiger charge is 2.33. The van der Waals surface area contributed by atoms with Crippen LogP contribution >= 0.6 is 0 Å². The third-order valence-electron chi connectivity index (χ3n) is 4.12. The molecule has 0 bridgehead atoms. The molecular formula is C21H34O3. The molecule has 0 heterocycles. The van der Waals surface area contributed by atoms with Crippen LogP contribution in [0.1, 0.15) is 52.9 Å². The van der Waals surface area contributed by atoms with E-state index < -0.39 is 0 Å². The Balaban J connectivity index is 2.83. The summed E-state index contributed by atoms with van der Waals surface area (Å²) >= 11 is 0. The lowest BCUT2D eigenvalue weighted by molar-refractivity contribution is -0.0626. The standard InChI is InChI=1S/C21H34O3/c1-5-14-21(8-4,24-19-12-10-9-11-13-19)17-20(23-16-7-3)18-22-15-6-2/h6,9-13,20H,2,5,7-8,14-18H2,1,3-4H3. The first-order valence-electron chi connectivity index (χ1n) is 9.24. The van der Waals surface area contributed by atoms with Gasteiger partial charge in [-0.05, 0) is 31.4 Å². The van der Waals surface area contributed by atoms with Crippen molar-refractivity contribution in [2.45, 2.75) is 64.6 Å². The number of rotatable bonds is 14. The Morgan fingerprint density at radius 1 is 1.12 bits per heavy atom. The lowest BCUT2D eigenvalue weighted by atomic mass is 9.88. The molecule has 0 radical (unpaired) electrons. The minimum atomic E-state index is -0.216. The zero-order chi connectivity index (χ0) is 17.7. The van der Waals surface area contributed by atoms with Gasteiger partial charge in [0.15, 0.2) is 0 Å². The van der Waals surface area contributed by atoms with Gasteiger partial charge in [0.2, 0.25) is 0 Å². The van der Waals surface area contributed by atoms with Gasteiger partial charge in [0.05, 0.1) is 19.3 Å². The molecule has 0 saturated heterocycles. The predicted octanol–water partition coefficient (Wildman–Crippen LogP) is 5.40. The molecule has 3 nitrogen and oxygen atoms in total. The highest BCUT2D eigenvalue weighted by Crippen LogP contribution is 2.31. The Labute approximate surface area is 148 Å². The number of hydrogen-bond donors (Lipinski definition) is 0. The Morgan fingerprint density at radius 3 is 2.46 bits per heavy atom. The summed E-state index contributed by atoms with van der Waals surface area (Å²) in [6, 6.07) is 10.1. The summed E-state index contributed by atoms with van der Waals surface area (Å²) in [6.45, 7) is 12.1. The van der Waals surface area contributed by atoms with Crippen molar-refractivity contribution in [1.82, 2.24) is 0 Å². The molecule has 0 aromatic heterocycles. The van der Waals surface area contributed by atoms with Crippen LogP contribution < -0.4 is 4.74 Å². The molecule has 0 saturated carbocycles. The van der Waals surface area contributed by atoms with Crippen LogP contribution in [0, 0.1) is 0 Å². The van der Waals surface area contributed by atoms with Crippen molar-refractivity contribution in [3.8, 4) is 5.75 Å². The zero-order valence-electron chi connectivity index (χ0n) is 15.6. The number of ether oxygens (including phenoxy) is 3. The Kier molecular flexibility index (Phi) is 10.4. The summed E-state index contributed by atoms with van der Waals surface area (Å²) in [5, 5.41) is 0. The van der Waals surface area contributed by atoms with E-state index in [4.69, 9.17) is 14.2 Å². The maximum absolute atomic E-state index is 6.45. The molecule has 0 aliphatic rings. The fourth-order valence-electron chi connectivity index (χ4n) is 2.93. The lowest BCUT2D eigenvalue weighted by Crippen LogP contribution is -2.41. The van der Waals surface area contributed by atoms with Gasteiger partial charge in [-0.25, -0.2) is 0 Å². The van der Waals surface area contributed by atoms with Gasteiger partial charge in [-0.3, -0.25) is 0 Å². The Hall–Kier alpha value is -1.32. The first-order valence-corrected chi connectivity index (χ1v) is 9.24. The SMILES string of the molecule is C=CCOCC(CC(CC)(CCC)Oc1ccccc1)OCCC. The van der Waals surface area contributed by atoms with Crippen LogP contribution in [0.3, 0.4) is 0 Å². The van der Waals surface area contributed by atoms with Gasteiger partial charge in [-0.1, -0.05) is 51.5 Å². The van der Waals surface area contributed by atoms with Gasteiger partial charge in [0.25, 0.3) is 0 Å². The van der Waals surface area contributed by atoms with Gasteiger partial charge in [-0.2, -0.15) is 0 Å². The highest BCUT2D eigenvalue weighted by atomic mass is 16.5. The highest BCUT2D eigenvalue weighted by molar-refractivity contribution is 5.22. The Morgan fingerprint density at radius 2 is 1.88 bits per heavy atom. The van der Waals surface area contributed by atoms with Crippen LogP contribution in [0.4, 0.5) is 0 Å². The van der Waals surface area contributed by atoms with E-state index in [2.05, 4.69) is 27.4 Å². The van der Waals surface area contributed by atoms with E-state index in [0.717, 1.165) is 44.5 Å². The number of para-hydroxylation sites is 1. The molecule has 2 atom stereocenters. The zero-order valence-corrected chi connectivity index (χ0v) is 15.6. The summed E-state index contributed by atoms with van der Waals surface area (Å²) < 4.78 is 18.2. The van der Waals surface area contributed by atoms with Crippen molar-refractivity contribution >= 4 is 0 Å². The second-order valence-corrected chi connectivity index (χ2v) is 6.22. The smallest absolute Gasteiger partial charge is 0.120 e. The molecule has 0 aliphatic carbocycles. The lowest BCUT2D eigenvalue weighted by Gasteiger charge is -2.36. The second-order valence-electron chi connectivity index (χ2n) is 6.22. The molecular weight excluding hydrogens is 300 g/mol. The number of hydrogen-bond acceptors (Lipinski definition) is 3. The van der Waals surface area contributed by atoms with Gasteiger partial charge < -0.3 is 14.2 Å². The van der Waals surface area contributed by atoms with Crippen LogP contribution in [0.15, 0.2) is 43.0 Å². The largest absolute Gasteiger partial charge is 0.487 e. The maximum Gasteiger partial charge on any atom is 0.120 e. The molecule has 0 amide bonds. The molecule has 1 aromatic rings. The van der Waals surface area contributed by atoms with Crippen molar-refractivity contribution < 1.29 is 14.2 Å². The fraction of sp³-hybridized carbons (Fsp3) is 0.619. The van der Waals surface area contributed by atoms with E-state index in [1.165, 1.54) is 0 Å². The topological polar surface area (TPSA) is 27.7 Å². The summed E-state index contributed by atoms with van der Waals surface area (Å²) in [5.41, 5.74) is -0.216. The van der Waals surface area contributed by atoms with Crippen molar-refractivity contribution in [2.75, 3.05) is 19.8 Å². The van der Waals surface area contributed by atoms with Gasteiger partial charge in [-0.15, -0.1) is 6.58 Å². The van der Waals surface area contributed by atoms with E-state index in [1.807, 2.05) is 30.3 Å². The summed E-state index contributed by atoms with van der Waals surface area (Å²) in [7, 11) is 0. The van der Waals surface area contributed by atoms with E-state index in [-0.39, 0.29) is 11.7 Å². The van der Waals surface area contributed by atoms with Crippen molar-refractivity contribution in [3.05, 3.63) is 43.0 Å². The van der Waals surface area contributed by atoms with E-state index >= 15 is 0 Å². The van der Waals surface area contributed by atoms with Crippen molar-refractivity contribution in [2.24, 2.45) is 0 Å². The first kappa shape index (κ1) is 20.7. The molecule has 24 heavy (non-hydrogen) atoms. The minimum Gasteiger partial charge on any atom is -0.487 e. The van der Waals surface area contributed by atoms with E-state index in [1.54, 1.807) is 6.08 Å². The average molecular weight is 335 g/mol. The summed E-state index contributed by atoms with van der Waals surface area (Å²) in [6.07, 6.45) is 6.69. The molecule has 0 N–H and O–H groups in total. The summed E-state index contributed by atoms with van der Waals surface area (Å²) in [4.78, 5) is 0. The normalized spacial score (nSPS) is 14.8. The second kappa shape index (κ2) is 12.1. The summed E-state index contributed by atoms with van der Waals surface area (Å²) in [5.74, 6) is 0.925. The average Bonchev–Trinajstić information content (AvgIpc) is 2.60. The van der Waals surface area contributed by atoms with Crippen LogP contribution in [-0.4, -0.2) is 31.5 Å². The maximum atomic E-state index is 6.45. The quantitative estimate of drug-likeness (QED) is 0.337. The van der Waals surface area contributed by atoms with E-state index in [9.17, 15) is 0 Å². The molecule has 0 aliphatic heterocycles. The van der Waals surface area contributed by atoms with Crippen molar-refractivity contribution in [3.63, 3.8) is 0 Å². The first-order chi connectivity index (χ1) is 11.7. The van der Waals surface area contributed by atoms with Gasteiger partial charge >= 0.3 is 0 Å². The van der Waals surface area contributed by atoms with Crippen LogP contribution in [0.5, 0.6) is 5.75 Å². The molecule has 136 valence electrons. The molecule has 3 heteroatoms. The monoisotopic (exact) mass is 334 g/mol. The van der Waals surface area contributed by atoms with Gasteiger partial charge in [0.1, 0.15) is 11.4 Å². The van der Waals surface area contributed by atoms with Gasteiger partial charge in [0, 0.05) is 13.0 Å². The fourth-order valence-corrected chi connectivity index (χ4v) is 2.93.